The highest BCUT2D eigenvalue weighted by atomic mass is 16.6. The topological polar surface area (TPSA) is 78.9 Å². The maximum atomic E-state index is 12.8. The van der Waals surface area contributed by atoms with Crippen molar-refractivity contribution in [3.8, 4) is 0 Å². The summed E-state index contributed by atoms with van der Waals surface area (Å²) in [7, 11) is 0. The maximum absolute atomic E-state index is 12.8. The Morgan fingerprint density at radius 2 is 0.700 bits per heavy atom. The highest BCUT2D eigenvalue weighted by Gasteiger charge is 2.19. The largest absolute Gasteiger partial charge is 0.462 e. The van der Waals surface area contributed by atoms with Gasteiger partial charge in [0.05, 0.1) is 0 Å². The van der Waals surface area contributed by atoms with E-state index in [1.165, 1.54) is 122 Å². The Morgan fingerprint density at radius 1 is 0.367 bits per heavy atom. The van der Waals surface area contributed by atoms with Crippen LogP contribution in [-0.4, -0.2) is 37.2 Å². The molecule has 348 valence electrons. The molecule has 0 radical (unpaired) electrons. The second-order valence-corrected chi connectivity index (χ2v) is 17.1. The molecule has 6 nitrogen and oxygen atoms in total. The van der Waals surface area contributed by atoms with E-state index in [1.807, 2.05) is 0 Å². The lowest BCUT2D eigenvalue weighted by molar-refractivity contribution is -0.167. The van der Waals surface area contributed by atoms with Gasteiger partial charge in [-0.15, -0.1) is 0 Å². The second kappa shape index (κ2) is 49.0. The van der Waals surface area contributed by atoms with Gasteiger partial charge in [0.25, 0.3) is 0 Å². The van der Waals surface area contributed by atoms with E-state index in [4.69, 9.17) is 14.2 Å². The minimum Gasteiger partial charge on any atom is -0.462 e. The lowest BCUT2D eigenvalue weighted by atomic mass is 10.1. The monoisotopic (exact) mass is 841 g/mol. The van der Waals surface area contributed by atoms with E-state index in [1.54, 1.807) is 0 Å². The molecule has 0 spiro atoms. The number of carbonyl (C=O) groups is 3. The van der Waals surface area contributed by atoms with Crippen LogP contribution in [0.2, 0.25) is 0 Å². The van der Waals surface area contributed by atoms with Crippen molar-refractivity contribution in [3.05, 3.63) is 48.6 Å². The zero-order valence-corrected chi connectivity index (χ0v) is 39.7. The van der Waals surface area contributed by atoms with Crippen LogP contribution in [0.4, 0.5) is 0 Å². The first-order valence-electron chi connectivity index (χ1n) is 25.7. The van der Waals surface area contributed by atoms with E-state index in [0.29, 0.717) is 19.3 Å². The van der Waals surface area contributed by atoms with Crippen LogP contribution in [0, 0.1) is 0 Å². The van der Waals surface area contributed by atoms with E-state index in [0.717, 1.165) is 96.3 Å². The lowest BCUT2D eigenvalue weighted by Crippen LogP contribution is -2.30. The molecule has 0 bridgehead atoms. The van der Waals surface area contributed by atoms with E-state index in [-0.39, 0.29) is 31.1 Å². The van der Waals surface area contributed by atoms with Gasteiger partial charge >= 0.3 is 17.9 Å². The molecular formula is C54H96O6. The number of esters is 3. The molecule has 0 N–H and O–H groups in total. The van der Waals surface area contributed by atoms with Gasteiger partial charge in [-0.05, 0) is 70.6 Å². The second-order valence-electron chi connectivity index (χ2n) is 17.1. The van der Waals surface area contributed by atoms with Crippen LogP contribution in [0.5, 0.6) is 0 Å². The number of rotatable bonds is 46. The van der Waals surface area contributed by atoms with Crippen LogP contribution in [-0.2, 0) is 28.6 Å². The van der Waals surface area contributed by atoms with E-state index >= 15 is 0 Å². The van der Waals surface area contributed by atoms with Gasteiger partial charge in [0.2, 0.25) is 0 Å². The summed E-state index contributed by atoms with van der Waals surface area (Å²) in [5, 5.41) is 0. The van der Waals surface area contributed by atoms with Crippen molar-refractivity contribution in [2.45, 2.75) is 264 Å². The van der Waals surface area contributed by atoms with Crippen LogP contribution in [0.25, 0.3) is 0 Å². The zero-order chi connectivity index (χ0) is 43.7. The normalized spacial score (nSPS) is 12.4. The Balaban J connectivity index is 4.36. The Hall–Kier alpha value is -2.63. The third-order valence-corrected chi connectivity index (χ3v) is 11.1. The fraction of sp³-hybridized carbons (Fsp3) is 0.796. The first-order chi connectivity index (χ1) is 29.5. The molecule has 0 rings (SSSR count). The number of unbranched alkanes of at least 4 members (excludes halogenated alkanes) is 28. The van der Waals surface area contributed by atoms with Crippen molar-refractivity contribution in [2.75, 3.05) is 13.2 Å². The Kier molecular flexibility index (Phi) is 46.9. The lowest BCUT2D eigenvalue weighted by Gasteiger charge is -2.18. The number of allylic oxidation sites excluding steroid dienone is 8. The summed E-state index contributed by atoms with van der Waals surface area (Å²) >= 11 is 0. The number of hydrogen-bond acceptors (Lipinski definition) is 6. The van der Waals surface area contributed by atoms with Crippen LogP contribution in [0.15, 0.2) is 48.6 Å². The van der Waals surface area contributed by atoms with Gasteiger partial charge in [-0.2, -0.15) is 0 Å². The predicted molar refractivity (Wildman–Crippen MR) is 256 cm³/mol. The molecule has 0 saturated heterocycles. The van der Waals surface area contributed by atoms with Gasteiger partial charge in [-0.1, -0.05) is 217 Å². The van der Waals surface area contributed by atoms with Crippen LogP contribution in [0.3, 0.4) is 0 Å². The molecule has 60 heavy (non-hydrogen) atoms. The van der Waals surface area contributed by atoms with Gasteiger partial charge in [0.15, 0.2) is 6.10 Å². The standard InChI is InChI=1S/C54H96O6/c1-4-7-10-13-16-19-22-24-26-27-28-29-31-32-35-38-41-44-47-53(56)59-50-51(49-58-52(55)46-43-40-37-34-21-18-15-12-9-6-3)60-54(57)48-45-42-39-36-33-30-25-23-20-17-14-11-8-5-2/h8,11,17,20,26-29,51H,4-7,9-10,12-16,18-19,21-25,30-50H2,1-3H3/b11-8-,20-17-,27-26-,29-28-. The minimum absolute atomic E-state index is 0.0797. The molecule has 6 heteroatoms. The van der Waals surface area contributed by atoms with Crippen molar-refractivity contribution < 1.29 is 28.6 Å². The van der Waals surface area contributed by atoms with Crippen molar-refractivity contribution in [2.24, 2.45) is 0 Å². The molecule has 1 atom stereocenters. The van der Waals surface area contributed by atoms with Crippen LogP contribution in [0.1, 0.15) is 258 Å². The summed E-state index contributed by atoms with van der Waals surface area (Å²) in [4.78, 5) is 37.9. The third-order valence-electron chi connectivity index (χ3n) is 11.1. The number of hydrogen-bond donors (Lipinski definition) is 0. The smallest absolute Gasteiger partial charge is 0.306 e. The van der Waals surface area contributed by atoms with Gasteiger partial charge in [0.1, 0.15) is 13.2 Å². The molecule has 0 aliphatic carbocycles. The molecular weight excluding hydrogens is 745 g/mol. The highest BCUT2D eigenvalue weighted by Crippen LogP contribution is 2.15. The summed E-state index contributed by atoms with van der Waals surface area (Å²) in [6.45, 7) is 6.51. The Morgan fingerprint density at radius 3 is 1.10 bits per heavy atom. The highest BCUT2D eigenvalue weighted by molar-refractivity contribution is 5.71. The average molecular weight is 841 g/mol. The van der Waals surface area contributed by atoms with Crippen LogP contribution >= 0.6 is 0 Å². The zero-order valence-electron chi connectivity index (χ0n) is 39.7. The molecule has 0 saturated carbocycles. The Bertz CT molecular complexity index is 1060. The summed E-state index contributed by atoms with van der Waals surface area (Å²) < 4.78 is 16.8. The molecule has 0 heterocycles. The fourth-order valence-corrected chi connectivity index (χ4v) is 7.24. The quantitative estimate of drug-likeness (QED) is 0.0200. The third kappa shape index (κ3) is 46.4. The first-order valence-corrected chi connectivity index (χ1v) is 25.7. The average Bonchev–Trinajstić information content (AvgIpc) is 3.24. The molecule has 0 aromatic rings. The summed E-state index contributed by atoms with van der Waals surface area (Å²) in [5.41, 5.74) is 0. The minimum atomic E-state index is -0.780. The molecule has 0 aromatic carbocycles. The molecule has 0 fully saturated rings. The van der Waals surface area contributed by atoms with Crippen molar-refractivity contribution in [1.82, 2.24) is 0 Å². The molecule has 0 aromatic heterocycles. The van der Waals surface area contributed by atoms with E-state index in [2.05, 4.69) is 69.4 Å². The number of carbonyl (C=O) groups excluding carboxylic acids is 3. The first kappa shape index (κ1) is 57.4. The number of ether oxygens (including phenoxy) is 3. The predicted octanol–water partition coefficient (Wildman–Crippen LogP) is 16.7. The van der Waals surface area contributed by atoms with Gasteiger partial charge < -0.3 is 14.2 Å². The summed E-state index contributed by atoms with van der Waals surface area (Å²) in [6, 6.07) is 0. The summed E-state index contributed by atoms with van der Waals surface area (Å²) in [6.07, 6.45) is 58.1. The van der Waals surface area contributed by atoms with Crippen molar-refractivity contribution in [3.63, 3.8) is 0 Å². The van der Waals surface area contributed by atoms with E-state index in [9.17, 15) is 14.4 Å². The molecule has 1 unspecified atom stereocenters. The fourth-order valence-electron chi connectivity index (χ4n) is 7.24. The van der Waals surface area contributed by atoms with Gasteiger partial charge in [-0.3, -0.25) is 14.4 Å². The van der Waals surface area contributed by atoms with Crippen molar-refractivity contribution in [1.29, 1.82) is 0 Å². The molecule has 0 aliphatic heterocycles. The molecule has 0 amide bonds. The van der Waals surface area contributed by atoms with Crippen molar-refractivity contribution >= 4 is 17.9 Å². The molecule has 0 aliphatic rings. The van der Waals surface area contributed by atoms with Gasteiger partial charge in [0, 0.05) is 19.3 Å². The summed E-state index contributed by atoms with van der Waals surface area (Å²) in [5.74, 6) is -0.899. The Labute approximate surface area is 371 Å². The van der Waals surface area contributed by atoms with Crippen LogP contribution < -0.4 is 0 Å². The maximum Gasteiger partial charge on any atom is 0.306 e. The SMILES string of the molecule is CC/C=C\C/C=C\CCCCCCCCCC(=O)OC(COC(=O)CCCCCCC/C=C\C=C/CCCCCCCCC)COC(=O)CCCCCCCCCCCC. The van der Waals surface area contributed by atoms with E-state index < -0.39 is 6.10 Å². The van der Waals surface area contributed by atoms with Gasteiger partial charge in [-0.25, -0.2) is 0 Å².